The number of fused-ring (bicyclic) bond motifs is 2. The second kappa shape index (κ2) is 13.7. The first kappa shape index (κ1) is 32.6. The molecule has 1 aliphatic heterocycles. The molecule has 0 spiro atoms. The van der Waals surface area contributed by atoms with Crippen molar-refractivity contribution in [1.29, 1.82) is 0 Å². The number of anilines is 1. The Balaban J connectivity index is 1.54. The zero-order chi connectivity index (χ0) is 32.2. The van der Waals surface area contributed by atoms with Crippen molar-refractivity contribution in [3.8, 4) is 0 Å². The van der Waals surface area contributed by atoms with Crippen LogP contribution in [0.15, 0.2) is 93.9 Å². The molecule has 1 atom stereocenters. The van der Waals surface area contributed by atoms with E-state index in [1.165, 1.54) is 0 Å². The normalized spacial score (nSPS) is 20.2. The van der Waals surface area contributed by atoms with Gasteiger partial charge >= 0.3 is 0 Å². The van der Waals surface area contributed by atoms with E-state index in [9.17, 15) is 23.2 Å². The summed E-state index contributed by atoms with van der Waals surface area (Å²) in [6.07, 6.45) is 9.53. The average molecular weight is 668 g/mol. The first-order valence-corrected chi connectivity index (χ1v) is 17.8. The smallest absolute Gasteiger partial charge is 0.266 e. The summed E-state index contributed by atoms with van der Waals surface area (Å²) in [5.41, 5.74) is 3.46. The minimum atomic E-state index is -4.34. The number of aromatic nitrogens is 1. The van der Waals surface area contributed by atoms with Crippen LogP contribution in [-0.2, 0) is 26.3 Å². The summed E-state index contributed by atoms with van der Waals surface area (Å²) in [5.74, 6) is -2.37. The van der Waals surface area contributed by atoms with Crippen molar-refractivity contribution in [1.82, 2.24) is 10.8 Å². The summed E-state index contributed by atoms with van der Waals surface area (Å²) < 4.78 is 35.1. The molecule has 1 aliphatic carbocycles. The molecule has 4 N–H and O–H groups in total. The lowest BCUT2D eigenvalue weighted by Gasteiger charge is -2.34. The number of thioether (sulfide) groups is 1. The number of carbonyl (C=O) groups is 2. The lowest BCUT2D eigenvalue weighted by molar-refractivity contribution is -0.665. The van der Waals surface area contributed by atoms with Gasteiger partial charge in [-0.1, -0.05) is 65.6 Å². The highest BCUT2D eigenvalue weighted by molar-refractivity contribution is 8.03. The van der Waals surface area contributed by atoms with E-state index in [1.807, 2.05) is 54.6 Å². The number of nitrogens with one attached hydrogen (secondary N) is 2. The Bertz CT molecular complexity index is 1860. The molecule has 0 bridgehead atoms. The molecule has 2 amide bonds. The molecule has 10 nitrogen and oxygen atoms in total. The van der Waals surface area contributed by atoms with Gasteiger partial charge in [-0.2, -0.15) is 13.0 Å². The molecule has 2 heterocycles. The Hall–Kier alpha value is -3.75. The Morgan fingerprint density at radius 2 is 1.80 bits per heavy atom. The minimum absolute atomic E-state index is 0.0419. The average Bonchev–Trinajstić information content (AvgIpc) is 3.58. The number of benzene rings is 2. The van der Waals surface area contributed by atoms with Gasteiger partial charge in [-0.15, -0.1) is 0 Å². The fourth-order valence-electron chi connectivity index (χ4n) is 5.67. The first-order chi connectivity index (χ1) is 21.6. The molecule has 0 radical (unpaired) electrons. The molecule has 2 aromatic carbocycles. The van der Waals surface area contributed by atoms with Gasteiger partial charge in [0.1, 0.15) is 16.7 Å². The number of amides is 2. The van der Waals surface area contributed by atoms with E-state index in [4.69, 9.17) is 4.55 Å². The van der Waals surface area contributed by atoms with Gasteiger partial charge in [-0.25, -0.2) is 5.48 Å². The molecule has 0 fully saturated rings. The summed E-state index contributed by atoms with van der Waals surface area (Å²) >= 11 is 3.26. The summed E-state index contributed by atoms with van der Waals surface area (Å²) in [6.45, 7) is 5.24. The summed E-state index contributed by atoms with van der Waals surface area (Å²) in [5, 5.41) is 14.2. The molecule has 45 heavy (non-hydrogen) atoms. The third-order valence-corrected chi connectivity index (χ3v) is 10.8. The van der Waals surface area contributed by atoms with Gasteiger partial charge in [0, 0.05) is 30.1 Å². The van der Waals surface area contributed by atoms with Crippen LogP contribution in [0.4, 0.5) is 5.69 Å². The number of hydrogen-bond acceptors (Lipinski definition) is 8. The van der Waals surface area contributed by atoms with Gasteiger partial charge in [0.25, 0.3) is 21.0 Å². The van der Waals surface area contributed by atoms with E-state index in [2.05, 4.69) is 52.9 Å². The maximum Gasteiger partial charge on any atom is 0.266 e. The molecule has 0 saturated heterocycles. The highest BCUT2D eigenvalue weighted by Gasteiger charge is 2.48. The maximum absolute atomic E-state index is 13.6. The quantitative estimate of drug-likeness (QED) is 0.0793. The third kappa shape index (κ3) is 7.07. The molecule has 2 aliphatic rings. The largest absolute Gasteiger partial charge is 0.354 e. The number of aryl methyl sites for hydroxylation is 1. The van der Waals surface area contributed by atoms with Crippen LogP contribution in [0.25, 0.3) is 16.3 Å². The van der Waals surface area contributed by atoms with E-state index < -0.39 is 39.6 Å². The van der Waals surface area contributed by atoms with Gasteiger partial charge in [0.05, 0.1) is 16.5 Å². The third-order valence-electron chi connectivity index (χ3n) is 7.78. The second-order valence-corrected chi connectivity index (χ2v) is 14.4. The summed E-state index contributed by atoms with van der Waals surface area (Å²) in [7, 11) is -4.34. The van der Waals surface area contributed by atoms with E-state index in [1.54, 1.807) is 28.6 Å². The van der Waals surface area contributed by atoms with E-state index in [0.717, 1.165) is 43.9 Å². The van der Waals surface area contributed by atoms with Gasteiger partial charge in [-0.05, 0) is 62.1 Å². The van der Waals surface area contributed by atoms with Crippen LogP contribution in [0.3, 0.4) is 0 Å². The van der Waals surface area contributed by atoms with Crippen LogP contribution < -0.4 is 20.3 Å². The fourth-order valence-corrected chi connectivity index (χ4v) is 8.29. The minimum Gasteiger partial charge on any atom is -0.354 e. The van der Waals surface area contributed by atoms with Crippen LogP contribution in [0.2, 0.25) is 0 Å². The predicted octanol–water partition coefficient (Wildman–Crippen LogP) is 4.84. The van der Waals surface area contributed by atoms with Crippen molar-refractivity contribution in [3.05, 3.63) is 94.0 Å². The molecule has 5 rings (SSSR count). The first-order valence-electron chi connectivity index (χ1n) is 14.5. The lowest BCUT2D eigenvalue weighted by Crippen LogP contribution is -2.52. The molecule has 13 heteroatoms. The second-order valence-electron chi connectivity index (χ2n) is 10.7. The fraction of sp³-hybridized carbons (Fsp3) is 0.281. The number of para-hydroxylation sites is 2. The number of hydrogen-bond donors (Lipinski definition) is 4. The predicted molar refractivity (Wildman–Crippen MR) is 177 cm³/mol. The molecule has 236 valence electrons. The van der Waals surface area contributed by atoms with E-state index >= 15 is 0 Å². The van der Waals surface area contributed by atoms with Crippen LogP contribution >= 0.6 is 23.1 Å². The number of thiazole rings is 1. The highest BCUT2D eigenvalue weighted by atomic mass is 32.2. The topological polar surface area (TPSA) is 140 Å². The zero-order valence-electron chi connectivity index (χ0n) is 24.9. The SMILES string of the molecule is CCN1/C(=C/C=C2C=C(/C=C/c3sc4ccccc4[n+]3CC)CC(C(=O)NO)(C(=O)NCCS(=O)(=O)O)C/2)Sc2ccccc21. The Morgan fingerprint density at radius 1 is 1.04 bits per heavy atom. The zero-order valence-corrected chi connectivity index (χ0v) is 27.3. The molecule has 1 aromatic heterocycles. The van der Waals surface area contributed by atoms with Crippen molar-refractivity contribution in [2.75, 3.05) is 23.7 Å². The highest BCUT2D eigenvalue weighted by Crippen LogP contribution is 2.46. The summed E-state index contributed by atoms with van der Waals surface area (Å²) in [6, 6.07) is 16.2. The van der Waals surface area contributed by atoms with Crippen molar-refractivity contribution in [2.24, 2.45) is 5.41 Å². The number of nitrogens with zero attached hydrogens (tertiary/aromatic N) is 2. The summed E-state index contributed by atoms with van der Waals surface area (Å²) in [4.78, 5) is 30.2. The monoisotopic (exact) mass is 667 g/mol. The van der Waals surface area contributed by atoms with E-state index in [-0.39, 0.29) is 12.8 Å². The Kier molecular flexibility index (Phi) is 9.94. The molecule has 3 aromatic rings. The van der Waals surface area contributed by atoms with Gasteiger partial charge in [0.15, 0.2) is 0 Å². The molecular weight excluding hydrogens is 633 g/mol. The van der Waals surface area contributed by atoms with Crippen molar-refractivity contribution in [2.45, 2.75) is 38.1 Å². The van der Waals surface area contributed by atoms with Gasteiger partial charge < -0.3 is 10.2 Å². The Morgan fingerprint density at radius 3 is 2.53 bits per heavy atom. The molecular formula is C32H35N4O6S3+. The maximum atomic E-state index is 13.6. The lowest BCUT2D eigenvalue weighted by atomic mass is 9.70. The van der Waals surface area contributed by atoms with Gasteiger partial charge in [0.2, 0.25) is 11.4 Å². The van der Waals surface area contributed by atoms with Crippen molar-refractivity contribution >= 4 is 67.0 Å². The number of rotatable bonds is 10. The van der Waals surface area contributed by atoms with Crippen molar-refractivity contribution in [3.63, 3.8) is 0 Å². The van der Waals surface area contributed by atoms with E-state index in [0.29, 0.717) is 11.1 Å². The van der Waals surface area contributed by atoms with Crippen molar-refractivity contribution < 1.29 is 32.3 Å². The number of allylic oxidation sites excluding steroid dienone is 6. The van der Waals surface area contributed by atoms with Crippen LogP contribution in [-0.4, -0.2) is 48.8 Å². The van der Waals surface area contributed by atoms with Crippen LogP contribution in [0.1, 0.15) is 31.7 Å². The Labute approximate surface area is 270 Å². The van der Waals surface area contributed by atoms with Gasteiger partial charge in [-0.3, -0.25) is 19.3 Å². The molecule has 0 saturated carbocycles. The standard InChI is InChI=1S/C32H34N4O6S3/c1-3-35-24-9-5-7-11-26(24)43-28(35)15-13-22-19-23(14-16-29-36(4-2)25-10-6-8-12-27(25)44-29)21-32(20-22,31(38)34-39)30(37)33-17-18-45(40,41)42/h5-16,19H,3-4,17-18,20-21H2,1-2H3,(H3-,33,34,37,38,39,40,41,42)/p+1. The van der Waals surface area contributed by atoms with Crippen LogP contribution in [0.5, 0.6) is 0 Å². The number of carbonyl (C=O) groups excluding carboxylic acids is 2. The molecule has 1 unspecified atom stereocenters. The van der Waals surface area contributed by atoms with Crippen LogP contribution in [0, 0.1) is 5.41 Å². The number of hydroxylamine groups is 1.